The number of aromatic nitrogens is 1. The summed E-state index contributed by atoms with van der Waals surface area (Å²) in [4.78, 5) is 34.2. The van der Waals surface area contributed by atoms with E-state index in [1.165, 1.54) is 12.1 Å². The predicted octanol–water partition coefficient (Wildman–Crippen LogP) is 5.29. The second kappa shape index (κ2) is 16.7. The molecule has 2 aromatic rings. The summed E-state index contributed by atoms with van der Waals surface area (Å²) in [6.07, 6.45) is -0.977. The van der Waals surface area contributed by atoms with Gasteiger partial charge < -0.3 is 24.8 Å². The van der Waals surface area contributed by atoms with Crippen LogP contribution < -0.4 is 10.1 Å². The third-order valence-corrected chi connectivity index (χ3v) is 7.66. The third kappa shape index (κ3) is 11.4. The number of carbonyl (C=O) groups is 2. The highest BCUT2D eigenvalue weighted by atomic mass is 19.4. The van der Waals surface area contributed by atoms with Crippen molar-refractivity contribution in [1.82, 2.24) is 14.8 Å². The topological polar surface area (TPSA) is 104 Å². The molecular formula is C32H45F3N4O5. The summed E-state index contributed by atoms with van der Waals surface area (Å²) < 4.78 is 50.5. The number of nitrogens with zero attached hydrogens (tertiary/aromatic N) is 3. The number of hydrogen-bond donors (Lipinski definition) is 2. The molecule has 1 aliphatic heterocycles. The van der Waals surface area contributed by atoms with E-state index in [1.54, 1.807) is 30.3 Å². The first-order chi connectivity index (χ1) is 20.9. The van der Waals surface area contributed by atoms with Crippen molar-refractivity contribution < 1.29 is 37.3 Å². The summed E-state index contributed by atoms with van der Waals surface area (Å²) >= 11 is 0. The lowest BCUT2D eigenvalue weighted by Crippen LogP contribution is -2.47. The molecular weight excluding hydrogens is 577 g/mol. The molecule has 2 heterocycles. The van der Waals surface area contributed by atoms with Crippen LogP contribution in [0.15, 0.2) is 42.7 Å². The van der Waals surface area contributed by atoms with Crippen LogP contribution in [-0.2, 0) is 16.1 Å². The summed E-state index contributed by atoms with van der Waals surface area (Å²) in [6.45, 7) is 7.51. The van der Waals surface area contributed by atoms with Gasteiger partial charge in [0.2, 0.25) is 5.91 Å². The van der Waals surface area contributed by atoms with Crippen LogP contribution in [0.2, 0.25) is 0 Å². The quantitative estimate of drug-likeness (QED) is 0.392. The van der Waals surface area contributed by atoms with Crippen LogP contribution in [0.1, 0.15) is 68.8 Å². The fourth-order valence-electron chi connectivity index (χ4n) is 5.11. The molecule has 1 aliphatic rings. The molecule has 1 aromatic heterocycles. The van der Waals surface area contributed by atoms with Gasteiger partial charge in [0.15, 0.2) is 0 Å². The molecule has 0 fully saturated rings. The van der Waals surface area contributed by atoms with Crippen LogP contribution in [0.4, 0.5) is 18.9 Å². The molecule has 244 valence electrons. The molecule has 0 saturated heterocycles. The number of alkyl halides is 3. The third-order valence-electron chi connectivity index (χ3n) is 7.66. The van der Waals surface area contributed by atoms with Gasteiger partial charge >= 0.3 is 6.18 Å². The summed E-state index contributed by atoms with van der Waals surface area (Å²) in [5, 5.41) is 12.6. The minimum atomic E-state index is -4.46. The predicted molar refractivity (Wildman–Crippen MR) is 161 cm³/mol. The van der Waals surface area contributed by atoms with Crippen LogP contribution in [0.3, 0.4) is 0 Å². The Bertz CT molecular complexity index is 1200. The van der Waals surface area contributed by atoms with Crippen LogP contribution in [0, 0.1) is 5.92 Å². The van der Waals surface area contributed by atoms with E-state index in [2.05, 4.69) is 15.2 Å². The molecule has 4 atom stereocenters. The standard InChI is InChI=1S/C32H45F3N4O5/c1-22-18-39(23(2)21-40)31(42)27-17-26(37-30(41)10-13-32(33,34)35)8-9-28(27)44-24(3)7-5-6-16-43-29(22)20-38(4)19-25-11-14-36-15-12-25/h8-9,11-12,14-15,17,22-24,29,40H,5-7,10,13,16,18-21H2,1-4H3,(H,37,41)/t22-,23-,24+,29-/m0/s1. The fraction of sp³-hybridized carbons (Fsp3) is 0.594. The van der Waals surface area contributed by atoms with Crippen molar-refractivity contribution in [2.45, 2.75) is 83.8 Å². The first-order valence-corrected chi connectivity index (χ1v) is 15.1. The molecule has 0 spiro atoms. The Balaban J connectivity index is 1.89. The number of pyridine rings is 1. The zero-order valence-electron chi connectivity index (χ0n) is 26.0. The summed E-state index contributed by atoms with van der Waals surface area (Å²) in [6, 6.07) is 7.87. The van der Waals surface area contributed by atoms with Crippen molar-refractivity contribution >= 4 is 17.5 Å². The van der Waals surface area contributed by atoms with Gasteiger partial charge in [-0.25, -0.2) is 0 Å². The van der Waals surface area contributed by atoms with E-state index in [0.717, 1.165) is 18.4 Å². The number of aliphatic hydroxyl groups is 1. The molecule has 0 aliphatic carbocycles. The average Bonchev–Trinajstić information content (AvgIpc) is 2.97. The van der Waals surface area contributed by atoms with Crippen molar-refractivity contribution in [3.05, 3.63) is 53.9 Å². The van der Waals surface area contributed by atoms with Gasteiger partial charge in [-0.05, 0) is 76.1 Å². The number of amides is 2. The summed E-state index contributed by atoms with van der Waals surface area (Å²) in [5.41, 5.74) is 1.46. The van der Waals surface area contributed by atoms with Gasteiger partial charge in [0.05, 0.1) is 36.8 Å². The monoisotopic (exact) mass is 622 g/mol. The van der Waals surface area contributed by atoms with Crippen molar-refractivity contribution in [2.24, 2.45) is 5.92 Å². The van der Waals surface area contributed by atoms with E-state index < -0.39 is 36.9 Å². The Morgan fingerprint density at radius 3 is 2.61 bits per heavy atom. The summed E-state index contributed by atoms with van der Waals surface area (Å²) in [7, 11) is 2.01. The number of anilines is 1. The molecule has 44 heavy (non-hydrogen) atoms. The van der Waals surface area contributed by atoms with E-state index in [0.29, 0.717) is 31.9 Å². The average molecular weight is 623 g/mol. The van der Waals surface area contributed by atoms with Crippen LogP contribution >= 0.6 is 0 Å². The zero-order valence-corrected chi connectivity index (χ0v) is 26.0. The Hall–Kier alpha value is -3.22. The highest BCUT2D eigenvalue weighted by Gasteiger charge is 2.31. The maximum atomic E-state index is 14.1. The normalized spacial score (nSPS) is 21.2. The Kier molecular flexibility index (Phi) is 13.4. The first kappa shape index (κ1) is 35.3. The van der Waals surface area contributed by atoms with E-state index in [9.17, 15) is 27.9 Å². The van der Waals surface area contributed by atoms with Crippen molar-refractivity contribution in [3.63, 3.8) is 0 Å². The number of nitrogens with one attached hydrogen (secondary N) is 1. The van der Waals surface area contributed by atoms with E-state index >= 15 is 0 Å². The van der Waals surface area contributed by atoms with Crippen LogP contribution in [0.5, 0.6) is 5.75 Å². The van der Waals surface area contributed by atoms with Crippen molar-refractivity contribution in [3.8, 4) is 5.75 Å². The van der Waals surface area contributed by atoms with E-state index in [1.807, 2.05) is 33.0 Å². The van der Waals surface area contributed by atoms with Crippen molar-refractivity contribution in [2.75, 3.05) is 38.7 Å². The van der Waals surface area contributed by atoms with Crippen molar-refractivity contribution in [1.29, 1.82) is 0 Å². The number of ether oxygens (including phenoxy) is 2. The number of halogens is 3. The second-order valence-electron chi connectivity index (χ2n) is 11.7. The lowest BCUT2D eigenvalue weighted by atomic mass is 10.0. The molecule has 3 rings (SSSR count). The zero-order chi connectivity index (χ0) is 32.3. The Morgan fingerprint density at radius 1 is 1.20 bits per heavy atom. The minimum Gasteiger partial charge on any atom is -0.490 e. The first-order valence-electron chi connectivity index (χ1n) is 15.1. The molecule has 1 aromatic carbocycles. The minimum absolute atomic E-state index is 0.121. The van der Waals surface area contributed by atoms with Gasteiger partial charge in [-0.15, -0.1) is 0 Å². The molecule has 12 heteroatoms. The molecule has 0 radical (unpaired) electrons. The number of likely N-dealkylation sites (N-methyl/N-ethyl adjacent to an activating group) is 1. The van der Waals surface area contributed by atoms with E-state index in [4.69, 9.17) is 9.47 Å². The van der Waals surface area contributed by atoms with Gasteiger partial charge in [-0.2, -0.15) is 13.2 Å². The number of carbonyl (C=O) groups excluding carboxylic acids is 2. The van der Waals surface area contributed by atoms with Gasteiger partial charge in [0.25, 0.3) is 5.91 Å². The molecule has 2 amide bonds. The lowest BCUT2D eigenvalue weighted by Gasteiger charge is -2.36. The van der Waals surface area contributed by atoms with Gasteiger partial charge in [0.1, 0.15) is 5.75 Å². The second-order valence-corrected chi connectivity index (χ2v) is 11.7. The van der Waals surface area contributed by atoms with Crippen LogP contribution in [-0.4, -0.2) is 89.5 Å². The molecule has 0 unspecified atom stereocenters. The Labute approximate surface area is 257 Å². The maximum absolute atomic E-state index is 14.1. The number of rotatable bonds is 9. The fourth-order valence-corrected chi connectivity index (χ4v) is 5.11. The Morgan fingerprint density at radius 2 is 1.93 bits per heavy atom. The van der Waals surface area contributed by atoms with E-state index in [-0.39, 0.29) is 42.5 Å². The SMILES string of the molecule is C[C@@H]1CCCCO[C@@H](CN(C)Cc2ccncc2)[C@@H](C)CN([C@@H](C)CO)C(=O)c2cc(NC(=O)CCC(F)(F)F)ccc2O1. The molecule has 2 N–H and O–H groups in total. The number of aliphatic hydroxyl groups excluding tert-OH is 1. The number of benzene rings is 1. The van der Waals surface area contributed by atoms with Gasteiger partial charge in [-0.3, -0.25) is 19.5 Å². The molecule has 9 nitrogen and oxygen atoms in total. The van der Waals surface area contributed by atoms with Gasteiger partial charge in [0, 0.05) is 56.7 Å². The highest BCUT2D eigenvalue weighted by Crippen LogP contribution is 2.29. The van der Waals surface area contributed by atoms with Crippen LogP contribution in [0.25, 0.3) is 0 Å². The highest BCUT2D eigenvalue weighted by molar-refractivity contribution is 5.99. The van der Waals surface area contributed by atoms with Gasteiger partial charge in [-0.1, -0.05) is 6.92 Å². The lowest BCUT2D eigenvalue weighted by molar-refractivity contribution is -0.142. The smallest absolute Gasteiger partial charge is 0.389 e. The number of fused-ring (bicyclic) bond motifs is 1. The maximum Gasteiger partial charge on any atom is 0.389 e. The number of hydrogen-bond acceptors (Lipinski definition) is 7. The molecule has 0 bridgehead atoms. The molecule has 0 saturated carbocycles. The summed E-state index contributed by atoms with van der Waals surface area (Å²) in [5.74, 6) is -1.05. The largest absolute Gasteiger partial charge is 0.490 e.